The lowest BCUT2D eigenvalue weighted by Gasteiger charge is -2.33. The average Bonchev–Trinajstić information content (AvgIpc) is 2.37. The highest BCUT2D eigenvalue weighted by Gasteiger charge is 2.24. The Morgan fingerprint density at radius 1 is 1.47 bits per heavy atom. The molecule has 19 heavy (non-hydrogen) atoms. The lowest BCUT2D eigenvalue weighted by atomic mass is 9.89. The molecule has 0 aliphatic carbocycles. The first-order valence-electron chi connectivity index (χ1n) is 7.21. The number of nitrogens with zero attached hydrogens (tertiary/aromatic N) is 1. The molecule has 2 N–H and O–H groups in total. The minimum Gasteiger partial charge on any atom is -0.399 e. The van der Waals surface area contributed by atoms with Crippen molar-refractivity contribution in [3.05, 3.63) is 29.8 Å². The van der Waals surface area contributed by atoms with Crippen LogP contribution < -0.4 is 5.73 Å². The van der Waals surface area contributed by atoms with Crippen LogP contribution in [0.3, 0.4) is 0 Å². The number of anilines is 1. The van der Waals surface area contributed by atoms with E-state index < -0.39 is 0 Å². The molecule has 0 aromatic heterocycles. The summed E-state index contributed by atoms with van der Waals surface area (Å²) in [5.74, 6) is 1.48. The minimum absolute atomic E-state index is 0.126. The number of carbonyl (C=O) groups excluding carboxylic acids is 1. The fourth-order valence-electron chi connectivity index (χ4n) is 2.96. The number of hydrogen-bond donors (Lipinski definition) is 1. The molecule has 1 saturated heterocycles. The number of amides is 1. The van der Waals surface area contributed by atoms with E-state index >= 15 is 0 Å². The summed E-state index contributed by atoms with van der Waals surface area (Å²) in [7, 11) is 0. The molecule has 1 atom stereocenters. The minimum atomic E-state index is 0.126. The number of rotatable bonds is 3. The number of benzene rings is 1. The molecule has 1 aliphatic heterocycles. The van der Waals surface area contributed by atoms with Crippen molar-refractivity contribution in [1.29, 1.82) is 0 Å². The maximum atomic E-state index is 12.5. The second kappa shape index (κ2) is 6.09. The quantitative estimate of drug-likeness (QED) is 0.848. The van der Waals surface area contributed by atoms with Gasteiger partial charge < -0.3 is 10.6 Å². The van der Waals surface area contributed by atoms with Crippen molar-refractivity contribution >= 4 is 11.6 Å². The topological polar surface area (TPSA) is 46.3 Å². The first kappa shape index (κ1) is 13.9. The predicted octanol–water partition coefficient (Wildman–Crippen LogP) is 3.17. The Bertz CT molecular complexity index is 442. The van der Waals surface area contributed by atoms with Gasteiger partial charge in [0.05, 0.1) is 0 Å². The molecule has 2 rings (SSSR count). The summed E-state index contributed by atoms with van der Waals surface area (Å²) in [5, 5.41) is 0. The van der Waals surface area contributed by atoms with Gasteiger partial charge in [-0.1, -0.05) is 19.9 Å². The maximum Gasteiger partial charge on any atom is 0.253 e. The highest BCUT2D eigenvalue weighted by atomic mass is 16.2. The monoisotopic (exact) mass is 260 g/mol. The van der Waals surface area contributed by atoms with E-state index in [1.54, 1.807) is 6.07 Å². The van der Waals surface area contributed by atoms with Crippen LogP contribution in [0, 0.1) is 11.8 Å². The van der Waals surface area contributed by atoms with Gasteiger partial charge in [0, 0.05) is 24.3 Å². The van der Waals surface area contributed by atoms with Crippen LogP contribution in [0.15, 0.2) is 24.3 Å². The molecule has 1 aromatic rings. The molecular weight excluding hydrogens is 236 g/mol. The molecular formula is C16H24N2O. The zero-order valence-corrected chi connectivity index (χ0v) is 11.9. The van der Waals surface area contributed by atoms with Crippen molar-refractivity contribution in [1.82, 2.24) is 4.90 Å². The van der Waals surface area contributed by atoms with E-state index in [9.17, 15) is 4.79 Å². The van der Waals surface area contributed by atoms with Crippen LogP contribution in [0.4, 0.5) is 5.69 Å². The molecule has 0 spiro atoms. The van der Waals surface area contributed by atoms with E-state index in [0.29, 0.717) is 23.1 Å². The van der Waals surface area contributed by atoms with Crippen molar-refractivity contribution in [2.75, 3.05) is 18.8 Å². The van der Waals surface area contributed by atoms with Crippen LogP contribution >= 0.6 is 0 Å². The van der Waals surface area contributed by atoms with Crippen LogP contribution in [0.25, 0.3) is 0 Å². The SMILES string of the molecule is CC(C)CC1CCCN(C(=O)c2cccc(N)c2)C1. The van der Waals surface area contributed by atoms with Crippen molar-refractivity contribution in [3.63, 3.8) is 0 Å². The standard InChI is InChI=1S/C16H24N2O/c1-12(2)9-13-5-4-8-18(11-13)16(19)14-6-3-7-15(17)10-14/h3,6-7,10,12-13H,4-5,8-9,11,17H2,1-2H3. The molecule has 1 fully saturated rings. The van der Waals surface area contributed by atoms with Gasteiger partial charge in [0.2, 0.25) is 0 Å². The fraction of sp³-hybridized carbons (Fsp3) is 0.562. The summed E-state index contributed by atoms with van der Waals surface area (Å²) < 4.78 is 0. The molecule has 1 aromatic carbocycles. The summed E-state index contributed by atoms with van der Waals surface area (Å²) in [4.78, 5) is 14.4. The molecule has 0 bridgehead atoms. The summed E-state index contributed by atoms with van der Waals surface area (Å²) in [6, 6.07) is 7.28. The van der Waals surface area contributed by atoms with Gasteiger partial charge in [-0.05, 0) is 49.3 Å². The molecule has 1 unspecified atom stereocenters. The summed E-state index contributed by atoms with van der Waals surface area (Å²) in [6.07, 6.45) is 3.57. The molecule has 3 nitrogen and oxygen atoms in total. The third kappa shape index (κ3) is 3.72. The smallest absolute Gasteiger partial charge is 0.253 e. The van der Waals surface area contributed by atoms with E-state index in [0.717, 1.165) is 19.5 Å². The van der Waals surface area contributed by atoms with Gasteiger partial charge in [0.15, 0.2) is 0 Å². The third-order valence-corrected chi connectivity index (χ3v) is 3.74. The van der Waals surface area contributed by atoms with Crippen molar-refractivity contribution in [2.24, 2.45) is 11.8 Å². The largest absolute Gasteiger partial charge is 0.399 e. The Kier molecular flexibility index (Phi) is 4.46. The number of nitrogens with two attached hydrogens (primary N) is 1. The molecule has 1 heterocycles. The first-order valence-corrected chi connectivity index (χ1v) is 7.21. The molecule has 0 saturated carbocycles. The number of carbonyl (C=O) groups is 1. The highest BCUT2D eigenvalue weighted by molar-refractivity contribution is 5.95. The van der Waals surface area contributed by atoms with Crippen molar-refractivity contribution < 1.29 is 4.79 Å². The fourth-order valence-corrected chi connectivity index (χ4v) is 2.96. The Labute approximate surface area is 115 Å². The van der Waals surface area contributed by atoms with Gasteiger partial charge in [-0.15, -0.1) is 0 Å². The zero-order chi connectivity index (χ0) is 13.8. The van der Waals surface area contributed by atoms with E-state index in [1.165, 1.54) is 12.8 Å². The normalized spacial score (nSPS) is 19.7. The Hall–Kier alpha value is -1.51. The molecule has 1 amide bonds. The Morgan fingerprint density at radius 3 is 2.95 bits per heavy atom. The second-order valence-corrected chi connectivity index (χ2v) is 6.01. The number of nitrogen functional groups attached to an aromatic ring is 1. The van der Waals surface area contributed by atoms with Gasteiger partial charge in [-0.25, -0.2) is 0 Å². The average molecular weight is 260 g/mol. The number of hydrogen-bond acceptors (Lipinski definition) is 2. The predicted molar refractivity (Wildman–Crippen MR) is 78.9 cm³/mol. The van der Waals surface area contributed by atoms with Gasteiger partial charge in [0.1, 0.15) is 0 Å². The van der Waals surface area contributed by atoms with E-state index in [-0.39, 0.29) is 5.91 Å². The zero-order valence-electron chi connectivity index (χ0n) is 11.9. The van der Waals surface area contributed by atoms with Gasteiger partial charge in [0.25, 0.3) is 5.91 Å². The van der Waals surface area contributed by atoms with E-state index in [2.05, 4.69) is 13.8 Å². The maximum absolute atomic E-state index is 12.5. The van der Waals surface area contributed by atoms with Crippen molar-refractivity contribution in [3.8, 4) is 0 Å². The van der Waals surface area contributed by atoms with E-state index in [1.807, 2.05) is 23.1 Å². The summed E-state index contributed by atoms with van der Waals surface area (Å²) in [5.41, 5.74) is 7.12. The van der Waals surface area contributed by atoms with E-state index in [4.69, 9.17) is 5.73 Å². The van der Waals surface area contributed by atoms with Gasteiger partial charge in [-0.3, -0.25) is 4.79 Å². The van der Waals surface area contributed by atoms with Crippen LogP contribution in [-0.4, -0.2) is 23.9 Å². The van der Waals surface area contributed by atoms with Crippen LogP contribution in [0.5, 0.6) is 0 Å². The summed E-state index contributed by atoms with van der Waals surface area (Å²) >= 11 is 0. The highest BCUT2D eigenvalue weighted by Crippen LogP contribution is 2.24. The molecule has 3 heteroatoms. The molecule has 1 aliphatic rings. The Morgan fingerprint density at radius 2 is 2.26 bits per heavy atom. The lowest BCUT2D eigenvalue weighted by Crippen LogP contribution is -2.40. The third-order valence-electron chi connectivity index (χ3n) is 3.74. The van der Waals surface area contributed by atoms with Crippen molar-refractivity contribution in [2.45, 2.75) is 33.1 Å². The molecule has 104 valence electrons. The van der Waals surface area contributed by atoms with Crippen LogP contribution in [0.2, 0.25) is 0 Å². The van der Waals surface area contributed by atoms with Crippen LogP contribution in [0.1, 0.15) is 43.5 Å². The Balaban J connectivity index is 2.03. The number of likely N-dealkylation sites (tertiary alicyclic amines) is 1. The lowest BCUT2D eigenvalue weighted by molar-refractivity contribution is 0.0659. The molecule has 0 radical (unpaired) electrons. The van der Waals surface area contributed by atoms with Crippen LogP contribution in [-0.2, 0) is 0 Å². The first-order chi connectivity index (χ1) is 9.06. The van der Waals surface area contributed by atoms with Gasteiger partial charge >= 0.3 is 0 Å². The second-order valence-electron chi connectivity index (χ2n) is 6.01. The number of piperidine rings is 1. The van der Waals surface area contributed by atoms with Gasteiger partial charge in [-0.2, -0.15) is 0 Å². The summed E-state index contributed by atoms with van der Waals surface area (Å²) in [6.45, 7) is 6.27.